The Labute approximate surface area is 326 Å². The zero-order chi connectivity index (χ0) is 39.5. The fraction of sp³-hybridized carbons (Fsp3) is 0.727. The maximum absolute atomic E-state index is 12.7. The number of rotatable bonds is 33. The Hall–Kier alpha value is -2.60. The number of hydrogen-bond donors (Lipinski definition) is 4. The molecule has 54 heavy (non-hydrogen) atoms. The number of ether oxygens (including phenoxy) is 4. The second-order valence-corrected chi connectivity index (χ2v) is 14.1. The highest BCUT2D eigenvalue weighted by Crippen LogP contribution is 2.22. The van der Waals surface area contributed by atoms with Crippen LogP contribution in [0.3, 0.4) is 0 Å². The first-order chi connectivity index (χ1) is 26.3. The molecule has 10 nitrogen and oxygen atoms in total. The van der Waals surface area contributed by atoms with Crippen molar-refractivity contribution < 1.29 is 49.0 Å². The third-order valence-electron chi connectivity index (χ3n) is 9.12. The van der Waals surface area contributed by atoms with Crippen LogP contribution in [0.2, 0.25) is 0 Å². The Morgan fingerprint density at radius 3 is 1.67 bits per heavy atom. The van der Waals surface area contributed by atoms with Crippen LogP contribution in [0.4, 0.5) is 0 Å². The number of carbonyl (C=O) groups is 2. The molecule has 0 spiro atoms. The third-order valence-corrected chi connectivity index (χ3v) is 9.12. The minimum absolute atomic E-state index is 0.209. The number of esters is 2. The molecule has 6 unspecified atom stereocenters. The molecule has 0 aromatic heterocycles. The van der Waals surface area contributed by atoms with E-state index < -0.39 is 55.4 Å². The van der Waals surface area contributed by atoms with Gasteiger partial charge in [0.05, 0.1) is 13.2 Å². The van der Waals surface area contributed by atoms with Crippen molar-refractivity contribution in [1.29, 1.82) is 0 Å². The lowest BCUT2D eigenvalue weighted by molar-refractivity contribution is -0.305. The average Bonchev–Trinajstić information content (AvgIpc) is 3.17. The summed E-state index contributed by atoms with van der Waals surface area (Å²) in [6, 6.07) is 0. The van der Waals surface area contributed by atoms with Crippen molar-refractivity contribution in [1.82, 2.24) is 0 Å². The van der Waals surface area contributed by atoms with Gasteiger partial charge in [0.25, 0.3) is 0 Å². The molecule has 0 radical (unpaired) electrons. The van der Waals surface area contributed by atoms with E-state index in [2.05, 4.69) is 74.6 Å². The van der Waals surface area contributed by atoms with Gasteiger partial charge in [-0.05, 0) is 70.6 Å². The minimum Gasteiger partial charge on any atom is -0.462 e. The van der Waals surface area contributed by atoms with Crippen molar-refractivity contribution in [2.75, 3.05) is 19.8 Å². The second-order valence-electron chi connectivity index (χ2n) is 14.1. The molecule has 1 aliphatic rings. The molecular weight excluding hydrogens is 688 g/mol. The summed E-state index contributed by atoms with van der Waals surface area (Å²) in [5.41, 5.74) is 0. The highest BCUT2D eigenvalue weighted by atomic mass is 16.7. The molecule has 10 heteroatoms. The predicted octanol–water partition coefficient (Wildman–Crippen LogP) is 8.27. The molecule has 0 aliphatic carbocycles. The first-order valence-electron chi connectivity index (χ1n) is 20.9. The molecule has 310 valence electrons. The van der Waals surface area contributed by atoms with E-state index >= 15 is 0 Å². The largest absolute Gasteiger partial charge is 0.462 e. The lowest BCUT2D eigenvalue weighted by Gasteiger charge is -2.39. The predicted molar refractivity (Wildman–Crippen MR) is 215 cm³/mol. The quantitative estimate of drug-likeness (QED) is 0.0292. The average molecular weight is 763 g/mol. The molecule has 0 aromatic carbocycles. The van der Waals surface area contributed by atoms with Gasteiger partial charge >= 0.3 is 11.9 Å². The number of allylic oxidation sites excluding steroid dienone is 10. The first kappa shape index (κ1) is 49.4. The molecule has 1 rings (SSSR count). The normalized spacial score (nSPS) is 21.3. The monoisotopic (exact) mass is 763 g/mol. The van der Waals surface area contributed by atoms with Crippen molar-refractivity contribution in [2.24, 2.45) is 0 Å². The molecule has 1 aliphatic heterocycles. The summed E-state index contributed by atoms with van der Waals surface area (Å²) >= 11 is 0. The Kier molecular flexibility index (Phi) is 31.9. The number of carbonyl (C=O) groups excluding carboxylic acids is 2. The van der Waals surface area contributed by atoms with Crippen molar-refractivity contribution in [3.05, 3.63) is 60.8 Å². The van der Waals surface area contributed by atoms with Gasteiger partial charge in [-0.25, -0.2) is 0 Å². The van der Waals surface area contributed by atoms with E-state index in [1.54, 1.807) is 0 Å². The van der Waals surface area contributed by atoms with E-state index in [-0.39, 0.29) is 26.1 Å². The van der Waals surface area contributed by atoms with E-state index in [1.807, 2.05) is 0 Å². The Morgan fingerprint density at radius 1 is 0.593 bits per heavy atom. The van der Waals surface area contributed by atoms with Crippen molar-refractivity contribution in [2.45, 2.75) is 185 Å². The van der Waals surface area contributed by atoms with Crippen LogP contribution in [0.1, 0.15) is 149 Å². The van der Waals surface area contributed by atoms with Gasteiger partial charge in [-0.1, -0.05) is 126 Å². The number of aliphatic hydroxyl groups excluding tert-OH is 4. The van der Waals surface area contributed by atoms with Gasteiger partial charge in [0, 0.05) is 12.8 Å². The van der Waals surface area contributed by atoms with E-state index in [0.717, 1.165) is 109 Å². The van der Waals surface area contributed by atoms with Gasteiger partial charge in [-0.15, -0.1) is 0 Å². The van der Waals surface area contributed by atoms with Gasteiger partial charge in [0.15, 0.2) is 12.4 Å². The fourth-order valence-corrected chi connectivity index (χ4v) is 5.83. The highest BCUT2D eigenvalue weighted by Gasteiger charge is 2.44. The summed E-state index contributed by atoms with van der Waals surface area (Å²) in [7, 11) is 0. The van der Waals surface area contributed by atoms with Crippen LogP contribution in [0, 0.1) is 0 Å². The summed E-state index contributed by atoms with van der Waals surface area (Å²) in [4.78, 5) is 25.2. The first-order valence-corrected chi connectivity index (χ1v) is 20.9. The van der Waals surface area contributed by atoms with Crippen LogP contribution < -0.4 is 0 Å². The summed E-state index contributed by atoms with van der Waals surface area (Å²) < 4.78 is 22.1. The van der Waals surface area contributed by atoms with Crippen LogP contribution in [-0.2, 0) is 28.5 Å². The Bertz CT molecular complexity index is 1070. The molecule has 4 N–H and O–H groups in total. The zero-order valence-corrected chi connectivity index (χ0v) is 33.4. The smallest absolute Gasteiger partial charge is 0.306 e. The van der Waals surface area contributed by atoms with E-state index in [4.69, 9.17) is 18.9 Å². The third kappa shape index (κ3) is 26.2. The van der Waals surface area contributed by atoms with E-state index in [0.29, 0.717) is 12.8 Å². The zero-order valence-electron chi connectivity index (χ0n) is 33.4. The van der Waals surface area contributed by atoms with Gasteiger partial charge in [-0.3, -0.25) is 9.59 Å². The lowest BCUT2D eigenvalue weighted by Crippen LogP contribution is -2.59. The summed E-state index contributed by atoms with van der Waals surface area (Å²) in [5, 5.41) is 40.0. The highest BCUT2D eigenvalue weighted by molar-refractivity contribution is 5.70. The van der Waals surface area contributed by atoms with Gasteiger partial charge in [0.2, 0.25) is 0 Å². The van der Waals surface area contributed by atoms with Gasteiger partial charge in [-0.2, -0.15) is 0 Å². The van der Waals surface area contributed by atoms with Crippen molar-refractivity contribution >= 4 is 11.9 Å². The van der Waals surface area contributed by atoms with Crippen LogP contribution >= 0.6 is 0 Å². The van der Waals surface area contributed by atoms with Crippen LogP contribution in [0.25, 0.3) is 0 Å². The maximum atomic E-state index is 12.7. The van der Waals surface area contributed by atoms with Crippen molar-refractivity contribution in [3.8, 4) is 0 Å². The number of unbranched alkanes of at least 4 members (excludes halogenated alkanes) is 12. The molecule has 1 saturated heterocycles. The maximum Gasteiger partial charge on any atom is 0.306 e. The molecule has 6 atom stereocenters. The lowest BCUT2D eigenvalue weighted by atomic mass is 9.99. The second kappa shape index (κ2) is 34.9. The molecular formula is C44H74O10. The topological polar surface area (TPSA) is 152 Å². The van der Waals surface area contributed by atoms with E-state index in [9.17, 15) is 30.0 Å². The summed E-state index contributed by atoms with van der Waals surface area (Å²) in [5.74, 6) is -0.842. The van der Waals surface area contributed by atoms with Crippen LogP contribution in [-0.4, -0.2) is 89.0 Å². The molecule has 0 saturated carbocycles. The van der Waals surface area contributed by atoms with Gasteiger partial charge < -0.3 is 39.4 Å². The van der Waals surface area contributed by atoms with Gasteiger partial charge in [0.1, 0.15) is 31.0 Å². The van der Waals surface area contributed by atoms with E-state index in [1.165, 1.54) is 0 Å². The number of aliphatic hydroxyl groups is 4. The van der Waals surface area contributed by atoms with Crippen LogP contribution in [0.15, 0.2) is 60.8 Å². The molecule has 1 heterocycles. The fourth-order valence-electron chi connectivity index (χ4n) is 5.83. The summed E-state index contributed by atoms with van der Waals surface area (Å²) in [6.45, 7) is 3.20. The molecule has 0 bridgehead atoms. The Morgan fingerprint density at radius 2 is 1.09 bits per heavy atom. The Balaban J connectivity index is 2.36. The SMILES string of the molecule is CC/C=C\C/C=C\C/C=C\C/C=C\CCCCCCCCC(=O)OC(COC(=O)CCCCCCC/C=C\CCC)COC1OC(CO)C(O)C(O)C1O. The molecule has 0 amide bonds. The standard InChI is InChI=1S/C44H74O10/c1-3-5-7-9-11-13-15-16-17-18-19-20-21-22-23-25-27-29-31-33-40(47)53-37(36-52-44-43(50)42(49)41(48)38(34-45)54-44)35-51-39(46)32-30-28-26-24-14-12-10-8-6-4-2/h5,7-8,10-11,13,16-17,19-20,37-38,41-45,48-50H,3-4,6,9,12,14-15,18,21-36H2,1-2H3/b7-5-,10-8-,13-11-,17-16-,20-19-. The molecule has 1 fully saturated rings. The minimum atomic E-state index is -1.60. The molecule has 0 aromatic rings. The number of hydrogen-bond acceptors (Lipinski definition) is 10. The summed E-state index contributed by atoms with van der Waals surface area (Å²) in [6.07, 6.45) is 33.8. The van der Waals surface area contributed by atoms with Crippen LogP contribution in [0.5, 0.6) is 0 Å². The van der Waals surface area contributed by atoms with Crippen molar-refractivity contribution in [3.63, 3.8) is 0 Å².